The van der Waals surface area contributed by atoms with Gasteiger partial charge in [-0.1, -0.05) is 30.3 Å². The van der Waals surface area contributed by atoms with Crippen LogP contribution < -0.4 is 4.74 Å². The molecule has 92 valence electrons. The molecule has 3 nitrogen and oxygen atoms in total. The molecule has 0 aliphatic carbocycles. The molecule has 0 aliphatic heterocycles. The average Bonchev–Trinajstić information content (AvgIpc) is 3.03. The molecular weight excluding hydrogens is 236 g/mol. The van der Waals surface area contributed by atoms with Gasteiger partial charge in [-0.15, -0.1) is 0 Å². The van der Waals surface area contributed by atoms with Crippen molar-refractivity contribution in [1.29, 1.82) is 0 Å². The van der Waals surface area contributed by atoms with Crippen molar-refractivity contribution in [3.63, 3.8) is 0 Å². The highest BCUT2D eigenvalue weighted by molar-refractivity contribution is 5.86. The molecule has 3 heteroatoms. The van der Waals surface area contributed by atoms with E-state index in [0.29, 0.717) is 0 Å². The second-order valence-corrected chi connectivity index (χ2v) is 4.52. The van der Waals surface area contributed by atoms with Crippen molar-refractivity contribution in [3.8, 4) is 11.6 Å². The van der Waals surface area contributed by atoms with E-state index in [-0.39, 0.29) is 0 Å². The predicted molar refractivity (Wildman–Crippen MR) is 76.7 cm³/mol. The monoisotopic (exact) mass is 248 g/mol. The Balaban J connectivity index is 1.78. The zero-order chi connectivity index (χ0) is 12.7. The maximum absolute atomic E-state index is 5.93. The maximum Gasteiger partial charge on any atom is 0.198 e. The largest absolute Gasteiger partial charge is 0.439 e. The number of rotatable bonds is 2. The number of benzene rings is 2. The lowest BCUT2D eigenvalue weighted by molar-refractivity contribution is 0.473. The van der Waals surface area contributed by atoms with E-state index in [1.54, 1.807) is 0 Å². The highest BCUT2D eigenvalue weighted by Gasteiger charge is 2.07. The molecule has 4 rings (SSSR count). The van der Waals surface area contributed by atoms with Crippen LogP contribution in [0.25, 0.3) is 21.8 Å². The fraction of sp³-hybridized carbons (Fsp3) is 0. The fourth-order valence-corrected chi connectivity index (χ4v) is 2.35. The third-order valence-corrected chi connectivity index (χ3v) is 3.28. The average molecular weight is 248 g/mol. The lowest BCUT2D eigenvalue weighted by Crippen LogP contribution is -1.81. The Labute approximate surface area is 109 Å². The van der Waals surface area contributed by atoms with Gasteiger partial charge in [0.2, 0.25) is 0 Å². The molecule has 0 spiro atoms. The van der Waals surface area contributed by atoms with E-state index in [4.69, 9.17) is 4.74 Å². The summed E-state index contributed by atoms with van der Waals surface area (Å²) in [6, 6.07) is 18.2. The van der Waals surface area contributed by atoms with E-state index in [9.17, 15) is 0 Å². The van der Waals surface area contributed by atoms with Crippen molar-refractivity contribution >= 4 is 21.8 Å². The van der Waals surface area contributed by atoms with Crippen molar-refractivity contribution in [2.45, 2.75) is 0 Å². The quantitative estimate of drug-likeness (QED) is 0.541. The summed E-state index contributed by atoms with van der Waals surface area (Å²) in [7, 11) is 0. The molecule has 4 aromatic rings. The van der Waals surface area contributed by atoms with Gasteiger partial charge in [-0.3, -0.25) is 0 Å². The highest BCUT2D eigenvalue weighted by Crippen LogP contribution is 2.30. The molecule has 0 atom stereocenters. The van der Waals surface area contributed by atoms with Crippen LogP contribution in [0.5, 0.6) is 11.6 Å². The number of H-pyrrole nitrogens is 2. The Morgan fingerprint density at radius 3 is 2.53 bits per heavy atom. The molecule has 0 saturated heterocycles. The van der Waals surface area contributed by atoms with Gasteiger partial charge in [0.15, 0.2) is 11.6 Å². The van der Waals surface area contributed by atoms with Gasteiger partial charge in [-0.2, -0.15) is 0 Å². The lowest BCUT2D eigenvalue weighted by Gasteiger charge is -2.00. The molecule has 0 bridgehead atoms. The van der Waals surface area contributed by atoms with Crippen LogP contribution >= 0.6 is 0 Å². The Morgan fingerprint density at radius 2 is 1.63 bits per heavy atom. The predicted octanol–water partition coefficient (Wildman–Crippen LogP) is 4.44. The van der Waals surface area contributed by atoms with Crippen LogP contribution in [0.15, 0.2) is 60.8 Å². The van der Waals surface area contributed by atoms with Crippen LogP contribution in [0.2, 0.25) is 0 Å². The summed E-state index contributed by atoms with van der Waals surface area (Å²) in [5.41, 5.74) is 2.16. The molecule has 0 unspecified atom stereocenters. The zero-order valence-electron chi connectivity index (χ0n) is 10.2. The van der Waals surface area contributed by atoms with Crippen LogP contribution in [-0.2, 0) is 0 Å². The first kappa shape index (κ1) is 10.3. The molecule has 2 heterocycles. The van der Waals surface area contributed by atoms with Crippen LogP contribution in [0.1, 0.15) is 0 Å². The Hall–Kier alpha value is -2.68. The third-order valence-electron chi connectivity index (χ3n) is 3.28. The van der Waals surface area contributed by atoms with Crippen molar-refractivity contribution in [1.82, 2.24) is 9.97 Å². The fourth-order valence-electron chi connectivity index (χ4n) is 2.35. The number of hydrogen-bond donors (Lipinski definition) is 2. The van der Waals surface area contributed by atoms with Crippen molar-refractivity contribution in [2.75, 3.05) is 0 Å². The van der Waals surface area contributed by atoms with E-state index in [2.05, 4.69) is 16.0 Å². The van der Waals surface area contributed by atoms with Crippen LogP contribution in [-0.4, -0.2) is 9.97 Å². The van der Waals surface area contributed by atoms with Gasteiger partial charge in [0, 0.05) is 34.1 Å². The maximum atomic E-state index is 5.93. The molecule has 2 aromatic carbocycles. The van der Waals surface area contributed by atoms with Gasteiger partial charge in [0.25, 0.3) is 0 Å². The second-order valence-electron chi connectivity index (χ2n) is 4.52. The van der Waals surface area contributed by atoms with E-state index in [1.807, 2.05) is 54.7 Å². The van der Waals surface area contributed by atoms with Gasteiger partial charge >= 0.3 is 0 Å². The summed E-state index contributed by atoms with van der Waals surface area (Å²) in [4.78, 5) is 6.47. The number of para-hydroxylation sites is 2. The summed E-state index contributed by atoms with van der Waals surface area (Å²) >= 11 is 0. The Bertz CT molecular complexity index is 824. The molecule has 0 fully saturated rings. The van der Waals surface area contributed by atoms with Crippen molar-refractivity contribution < 1.29 is 4.74 Å². The standard InChI is InChI=1S/C16H12N2O/c1-3-7-13-11(5-1)9-16(18-13)19-15-10-17-14-8-4-2-6-12(14)15/h1-10,17-18H. The summed E-state index contributed by atoms with van der Waals surface area (Å²) in [5, 5.41) is 2.23. The summed E-state index contributed by atoms with van der Waals surface area (Å²) < 4.78 is 5.93. The zero-order valence-corrected chi connectivity index (χ0v) is 10.2. The van der Waals surface area contributed by atoms with E-state index in [0.717, 1.165) is 33.4 Å². The number of aromatic nitrogens is 2. The molecular formula is C16H12N2O. The highest BCUT2D eigenvalue weighted by atomic mass is 16.5. The molecule has 0 saturated carbocycles. The number of hydrogen-bond acceptors (Lipinski definition) is 1. The van der Waals surface area contributed by atoms with Gasteiger partial charge < -0.3 is 14.7 Å². The Kier molecular flexibility index (Phi) is 2.12. The number of fused-ring (bicyclic) bond motifs is 2. The van der Waals surface area contributed by atoms with Crippen molar-refractivity contribution in [3.05, 3.63) is 60.8 Å². The lowest BCUT2D eigenvalue weighted by atomic mass is 10.2. The van der Waals surface area contributed by atoms with Crippen LogP contribution in [0.3, 0.4) is 0 Å². The first-order valence-corrected chi connectivity index (χ1v) is 6.22. The molecule has 0 amide bonds. The minimum absolute atomic E-state index is 0.756. The van der Waals surface area contributed by atoms with E-state index >= 15 is 0 Å². The minimum atomic E-state index is 0.756. The smallest absolute Gasteiger partial charge is 0.198 e. The topological polar surface area (TPSA) is 40.8 Å². The minimum Gasteiger partial charge on any atom is -0.439 e. The molecule has 0 radical (unpaired) electrons. The van der Waals surface area contributed by atoms with E-state index in [1.165, 1.54) is 0 Å². The first-order chi connectivity index (χ1) is 9.40. The van der Waals surface area contributed by atoms with Gasteiger partial charge in [0.05, 0.1) is 0 Å². The van der Waals surface area contributed by atoms with E-state index < -0.39 is 0 Å². The van der Waals surface area contributed by atoms with Gasteiger partial charge in [-0.25, -0.2) is 0 Å². The number of aromatic amines is 2. The summed E-state index contributed by atoms with van der Waals surface area (Å²) in [6.45, 7) is 0. The van der Waals surface area contributed by atoms with Gasteiger partial charge in [-0.05, 0) is 18.2 Å². The molecule has 19 heavy (non-hydrogen) atoms. The number of ether oxygens (including phenoxy) is 1. The molecule has 2 aromatic heterocycles. The summed E-state index contributed by atoms with van der Waals surface area (Å²) in [5.74, 6) is 1.59. The molecule has 0 aliphatic rings. The van der Waals surface area contributed by atoms with Crippen LogP contribution in [0.4, 0.5) is 0 Å². The van der Waals surface area contributed by atoms with Crippen molar-refractivity contribution in [2.24, 2.45) is 0 Å². The first-order valence-electron chi connectivity index (χ1n) is 6.22. The second kappa shape index (κ2) is 3.92. The summed E-state index contributed by atoms with van der Waals surface area (Å²) in [6.07, 6.45) is 1.89. The third kappa shape index (κ3) is 1.67. The molecule has 2 N–H and O–H groups in total. The SMILES string of the molecule is c1ccc2[nH]c(Oc3c[nH]c4ccccc34)cc2c1. The Morgan fingerprint density at radius 1 is 0.842 bits per heavy atom. The normalized spacial score (nSPS) is 11.2. The number of nitrogens with one attached hydrogen (secondary N) is 2. The van der Waals surface area contributed by atoms with Crippen LogP contribution in [0, 0.1) is 0 Å². The van der Waals surface area contributed by atoms with Gasteiger partial charge in [0.1, 0.15) is 0 Å².